The van der Waals surface area contributed by atoms with Crippen LogP contribution in [0, 0.1) is 6.92 Å². The molecule has 0 bridgehead atoms. The maximum absolute atomic E-state index is 12.7. The van der Waals surface area contributed by atoms with Gasteiger partial charge in [0.1, 0.15) is 6.54 Å². The van der Waals surface area contributed by atoms with Gasteiger partial charge in [0.15, 0.2) is 0 Å². The molecule has 1 aliphatic heterocycles. The number of benzene rings is 2. The van der Waals surface area contributed by atoms with E-state index in [1.165, 1.54) is 0 Å². The Bertz CT molecular complexity index is 1130. The van der Waals surface area contributed by atoms with E-state index in [9.17, 15) is 14.4 Å². The van der Waals surface area contributed by atoms with Crippen molar-refractivity contribution in [2.45, 2.75) is 6.92 Å². The fourth-order valence-electron chi connectivity index (χ4n) is 3.09. The van der Waals surface area contributed by atoms with Gasteiger partial charge in [0.2, 0.25) is 5.91 Å². The molecular formula is C23H19N3O3S. The summed E-state index contributed by atoms with van der Waals surface area (Å²) in [7, 11) is 0. The summed E-state index contributed by atoms with van der Waals surface area (Å²) in [6.45, 7) is 1.63. The van der Waals surface area contributed by atoms with Gasteiger partial charge in [0, 0.05) is 23.3 Å². The molecule has 1 aromatic heterocycles. The van der Waals surface area contributed by atoms with Crippen molar-refractivity contribution >= 4 is 40.6 Å². The average molecular weight is 417 g/mol. The fraction of sp³-hybridized carbons (Fsp3) is 0.0870. The first-order valence-corrected chi connectivity index (χ1v) is 10.2. The van der Waals surface area contributed by atoms with Crippen molar-refractivity contribution in [3.05, 3.63) is 89.1 Å². The van der Waals surface area contributed by atoms with Gasteiger partial charge in [-0.15, -0.1) is 0 Å². The summed E-state index contributed by atoms with van der Waals surface area (Å²) >= 11 is 0.839. The Morgan fingerprint density at radius 1 is 1.00 bits per heavy atom. The lowest BCUT2D eigenvalue weighted by atomic mass is 10.2. The number of aromatic nitrogens is 1. The second-order valence-electron chi connectivity index (χ2n) is 6.82. The summed E-state index contributed by atoms with van der Waals surface area (Å²) in [6, 6.07) is 20.7. The minimum absolute atomic E-state index is 0.291. The summed E-state index contributed by atoms with van der Waals surface area (Å²) < 4.78 is 1.93. The van der Waals surface area contributed by atoms with Crippen LogP contribution in [0.2, 0.25) is 0 Å². The van der Waals surface area contributed by atoms with Crippen LogP contribution in [0.15, 0.2) is 77.8 Å². The van der Waals surface area contributed by atoms with Crippen LogP contribution in [-0.2, 0) is 9.59 Å². The largest absolute Gasteiger partial charge is 0.325 e. The lowest BCUT2D eigenvalue weighted by Gasteiger charge is -2.12. The standard InChI is InChI=1S/C23H19N3O3S/c1-16-9-11-17(12-10-16)24-21(27)15-26-22(28)20(30-23(26)29)14-19-8-5-13-25(19)18-6-3-2-4-7-18/h2-14H,15H2,1H3,(H,24,27). The third-order valence-corrected chi connectivity index (χ3v) is 5.51. The summed E-state index contributed by atoms with van der Waals surface area (Å²) in [5.41, 5.74) is 3.42. The predicted octanol–water partition coefficient (Wildman–Crippen LogP) is 4.46. The zero-order valence-electron chi connectivity index (χ0n) is 16.2. The number of thioether (sulfide) groups is 1. The van der Waals surface area contributed by atoms with Gasteiger partial charge >= 0.3 is 0 Å². The Labute approximate surface area is 178 Å². The molecule has 0 spiro atoms. The van der Waals surface area contributed by atoms with Gasteiger partial charge in [-0.1, -0.05) is 35.9 Å². The second kappa shape index (κ2) is 8.42. The molecule has 7 heteroatoms. The maximum Gasteiger partial charge on any atom is 0.294 e. The predicted molar refractivity (Wildman–Crippen MR) is 118 cm³/mol. The third-order valence-electron chi connectivity index (χ3n) is 4.60. The molecule has 0 radical (unpaired) electrons. The number of hydrogen-bond donors (Lipinski definition) is 1. The number of anilines is 1. The first-order chi connectivity index (χ1) is 14.5. The molecule has 1 fully saturated rings. The lowest BCUT2D eigenvalue weighted by molar-refractivity contribution is -0.127. The number of nitrogens with one attached hydrogen (secondary N) is 1. The molecule has 1 aliphatic rings. The van der Waals surface area contributed by atoms with E-state index in [1.54, 1.807) is 18.2 Å². The van der Waals surface area contributed by atoms with Crippen molar-refractivity contribution in [3.8, 4) is 5.69 Å². The van der Waals surface area contributed by atoms with Crippen molar-refractivity contribution in [2.24, 2.45) is 0 Å². The van der Waals surface area contributed by atoms with E-state index in [1.807, 2.05) is 72.3 Å². The normalized spacial score (nSPS) is 15.1. The molecule has 2 aromatic carbocycles. The number of para-hydroxylation sites is 1. The van der Waals surface area contributed by atoms with Crippen LogP contribution >= 0.6 is 11.8 Å². The van der Waals surface area contributed by atoms with Crippen molar-refractivity contribution in [3.63, 3.8) is 0 Å². The van der Waals surface area contributed by atoms with E-state index < -0.39 is 17.1 Å². The highest BCUT2D eigenvalue weighted by Gasteiger charge is 2.36. The van der Waals surface area contributed by atoms with Crippen LogP contribution in [0.1, 0.15) is 11.3 Å². The number of amides is 3. The van der Waals surface area contributed by atoms with E-state index in [0.717, 1.165) is 33.6 Å². The molecule has 150 valence electrons. The molecule has 2 heterocycles. The second-order valence-corrected chi connectivity index (χ2v) is 7.81. The van der Waals surface area contributed by atoms with Crippen LogP contribution in [0.5, 0.6) is 0 Å². The van der Waals surface area contributed by atoms with Crippen molar-refractivity contribution in [1.29, 1.82) is 0 Å². The Morgan fingerprint density at radius 2 is 1.73 bits per heavy atom. The molecular weight excluding hydrogens is 398 g/mol. The number of rotatable bonds is 5. The average Bonchev–Trinajstić information content (AvgIpc) is 3.31. The minimum Gasteiger partial charge on any atom is -0.325 e. The topological polar surface area (TPSA) is 71.4 Å². The third kappa shape index (κ3) is 4.21. The molecule has 3 amide bonds. The highest BCUT2D eigenvalue weighted by molar-refractivity contribution is 8.18. The van der Waals surface area contributed by atoms with Crippen LogP contribution in [-0.4, -0.2) is 33.1 Å². The van der Waals surface area contributed by atoms with Gasteiger partial charge in [-0.05, 0) is 61.2 Å². The van der Waals surface area contributed by atoms with Crippen LogP contribution < -0.4 is 5.32 Å². The molecule has 0 saturated carbocycles. The van der Waals surface area contributed by atoms with Crippen LogP contribution in [0.3, 0.4) is 0 Å². The van der Waals surface area contributed by atoms with Gasteiger partial charge < -0.3 is 9.88 Å². The first-order valence-electron chi connectivity index (χ1n) is 9.36. The van der Waals surface area contributed by atoms with Crippen molar-refractivity contribution in [2.75, 3.05) is 11.9 Å². The van der Waals surface area contributed by atoms with Crippen molar-refractivity contribution in [1.82, 2.24) is 9.47 Å². The fourth-order valence-corrected chi connectivity index (χ4v) is 3.91. The number of aryl methyl sites for hydroxylation is 1. The van der Waals surface area contributed by atoms with Crippen LogP contribution in [0.4, 0.5) is 10.5 Å². The number of nitrogens with zero attached hydrogens (tertiary/aromatic N) is 2. The SMILES string of the molecule is Cc1ccc(NC(=O)CN2C(=O)SC(=Cc3cccn3-c3ccccc3)C2=O)cc1. The molecule has 3 aromatic rings. The number of carbonyl (C=O) groups excluding carboxylic acids is 3. The number of hydrogen-bond acceptors (Lipinski definition) is 4. The molecule has 30 heavy (non-hydrogen) atoms. The van der Waals surface area contributed by atoms with Crippen LogP contribution in [0.25, 0.3) is 11.8 Å². The van der Waals surface area contributed by atoms with E-state index in [-0.39, 0.29) is 6.54 Å². The van der Waals surface area contributed by atoms with Gasteiger partial charge in [0.25, 0.3) is 11.1 Å². The van der Waals surface area contributed by atoms with Crippen molar-refractivity contribution < 1.29 is 14.4 Å². The molecule has 0 atom stereocenters. The van der Waals surface area contributed by atoms with E-state index in [4.69, 9.17) is 0 Å². The zero-order chi connectivity index (χ0) is 21.1. The van der Waals surface area contributed by atoms with E-state index >= 15 is 0 Å². The zero-order valence-corrected chi connectivity index (χ0v) is 17.1. The van der Waals surface area contributed by atoms with E-state index in [0.29, 0.717) is 10.6 Å². The summed E-state index contributed by atoms with van der Waals surface area (Å²) in [5.74, 6) is -0.889. The lowest BCUT2D eigenvalue weighted by Crippen LogP contribution is -2.36. The Balaban J connectivity index is 1.49. The van der Waals surface area contributed by atoms with Gasteiger partial charge in [-0.3, -0.25) is 19.3 Å². The first kappa shape index (κ1) is 19.7. The Kier molecular flexibility index (Phi) is 5.54. The number of carbonyl (C=O) groups is 3. The maximum atomic E-state index is 12.7. The molecule has 0 aliphatic carbocycles. The van der Waals surface area contributed by atoms with E-state index in [2.05, 4.69) is 5.32 Å². The summed E-state index contributed by atoms with van der Waals surface area (Å²) in [6.07, 6.45) is 3.57. The Morgan fingerprint density at radius 3 is 2.47 bits per heavy atom. The Hall–Kier alpha value is -3.58. The monoisotopic (exact) mass is 417 g/mol. The quantitative estimate of drug-likeness (QED) is 0.622. The smallest absolute Gasteiger partial charge is 0.294 e. The highest BCUT2D eigenvalue weighted by atomic mass is 32.2. The summed E-state index contributed by atoms with van der Waals surface area (Å²) in [4.78, 5) is 38.7. The molecule has 1 N–H and O–H groups in total. The molecule has 0 unspecified atom stereocenters. The van der Waals surface area contributed by atoms with Gasteiger partial charge in [-0.25, -0.2) is 0 Å². The van der Waals surface area contributed by atoms with Gasteiger partial charge in [0.05, 0.1) is 4.91 Å². The molecule has 4 rings (SSSR count). The summed E-state index contributed by atoms with van der Waals surface area (Å²) in [5, 5.41) is 2.25. The highest BCUT2D eigenvalue weighted by Crippen LogP contribution is 2.32. The molecule has 1 saturated heterocycles. The van der Waals surface area contributed by atoms with Gasteiger partial charge in [-0.2, -0.15) is 0 Å². The minimum atomic E-state index is -0.468. The molecule has 6 nitrogen and oxygen atoms in total. The number of imide groups is 1.